The number of carbonyl (C=O) groups excluding carboxylic acids is 1. The maximum absolute atomic E-state index is 11.4. The summed E-state index contributed by atoms with van der Waals surface area (Å²) in [5.41, 5.74) is 5.93. The first kappa shape index (κ1) is 13.3. The summed E-state index contributed by atoms with van der Waals surface area (Å²) < 4.78 is 10.3. The van der Waals surface area contributed by atoms with Crippen LogP contribution in [0.5, 0.6) is 5.88 Å². The Kier molecular flexibility index (Phi) is 3.93. The Morgan fingerprint density at radius 1 is 1.53 bits per heavy atom. The molecule has 1 aromatic rings. The van der Waals surface area contributed by atoms with Crippen molar-refractivity contribution in [1.82, 2.24) is 4.98 Å². The van der Waals surface area contributed by atoms with Crippen molar-refractivity contribution in [3.8, 4) is 5.88 Å². The van der Waals surface area contributed by atoms with Crippen molar-refractivity contribution in [1.29, 1.82) is 0 Å². The predicted molar refractivity (Wildman–Crippen MR) is 65.0 cm³/mol. The van der Waals surface area contributed by atoms with Crippen LogP contribution in [0.2, 0.25) is 0 Å². The second kappa shape index (κ2) is 5.03. The van der Waals surface area contributed by atoms with Gasteiger partial charge in [-0.3, -0.25) is 0 Å². The number of methoxy groups -OCH3 is 1. The van der Waals surface area contributed by atoms with Crippen LogP contribution in [-0.4, -0.2) is 23.7 Å². The first-order valence-electron chi connectivity index (χ1n) is 5.43. The van der Waals surface area contributed by atoms with E-state index < -0.39 is 5.97 Å². The average Bonchev–Trinajstić information content (AvgIpc) is 2.31. The number of hydrogen-bond acceptors (Lipinski definition) is 5. The number of nitrogens with zero attached hydrogens (tertiary/aromatic N) is 1. The van der Waals surface area contributed by atoms with E-state index in [1.165, 1.54) is 19.4 Å². The molecule has 0 spiro atoms. The van der Waals surface area contributed by atoms with E-state index in [9.17, 15) is 4.79 Å². The molecule has 2 N–H and O–H groups in total. The largest absolute Gasteiger partial charge is 0.470 e. The van der Waals surface area contributed by atoms with Crippen molar-refractivity contribution in [2.45, 2.75) is 32.8 Å². The Labute approximate surface area is 101 Å². The second-order valence-corrected chi connectivity index (χ2v) is 4.28. The minimum absolute atomic E-state index is 0.209. The van der Waals surface area contributed by atoms with E-state index in [1.807, 2.05) is 20.8 Å². The van der Waals surface area contributed by atoms with Gasteiger partial charge in [-0.2, -0.15) is 0 Å². The molecule has 0 bridgehead atoms. The lowest BCUT2D eigenvalue weighted by atomic mass is 10.1. The van der Waals surface area contributed by atoms with Crippen LogP contribution >= 0.6 is 0 Å². The zero-order chi connectivity index (χ0) is 13.1. The number of pyridine rings is 1. The summed E-state index contributed by atoms with van der Waals surface area (Å²) >= 11 is 0. The summed E-state index contributed by atoms with van der Waals surface area (Å²) in [4.78, 5) is 15.5. The van der Waals surface area contributed by atoms with E-state index >= 15 is 0 Å². The number of esters is 1. The Hall–Kier alpha value is -1.78. The molecule has 94 valence electrons. The summed E-state index contributed by atoms with van der Waals surface area (Å²) in [7, 11) is 1.30. The average molecular weight is 238 g/mol. The second-order valence-electron chi connectivity index (χ2n) is 4.28. The Balaban J connectivity index is 3.07. The molecule has 0 saturated carbocycles. The summed E-state index contributed by atoms with van der Waals surface area (Å²) in [6.07, 6.45) is 2.28. The fourth-order valence-electron chi connectivity index (χ4n) is 1.16. The van der Waals surface area contributed by atoms with Crippen LogP contribution < -0.4 is 10.5 Å². The number of nitrogens with two attached hydrogens (primary N) is 1. The van der Waals surface area contributed by atoms with Gasteiger partial charge in [0.1, 0.15) is 11.3 Å². The van der Waals surface area contributed by atoms with Crippen LogP contribution in [0.15, 0.2) is 12.3 Å². The fraction of sp³-hybridized carbons (Fsp3) is 0.500. The normalized spacial score (nSPS) is 11.1. The van der Waals surface area contributed by atoms with Crippen molar-refractivity contribution in [3.63, 3.8) is 0 Å². The predicted octanol–water partition coefficient (Wildman–Crippen LogP) is 2.02. The van der Waals surface area contributed by atoms with Crippen molar-refractivity contribution in [2.24, 2.45) is 0 Å². The van der Waals surface area contributed by atoms with Crippen molar-refractivity contribution in [3.05, 3.63) is 17.8 Å². The highest BCUT2D eigenvalue weighted by molar-refractivity contribution is 5.95. The lowest BCUT2D eigenvalue weighted by molar-refractivity contribution is 0.0598. The molecule has 1 heterocycles. The standard InChI is InChI=1S/C12H18N2O3/c1-5-12(2,3)17-10-9(13)8(6-7-14-10)11(15)16-4/h6-7H,5,13H2,1-4H3. The summed E-state index contributed by atoms with van der Waals surface area (Å²) in [6.45, 7) is 5.86. The van der Waals surface area contributed by atoms with Crippen LogP contribution in [-0.2, 0) is 4.74 Å². The molecule has 0 amide bonds. The summed E-state index contributed by atoms with van der Waals surface area (Å²) in [6, 6.07) is 1.51. The maximum Gasteiger partial charge on any atom is 0.340 e. The molecule has 0 atom stereocenters. The topological polar surface area (TPSA) is 74.4 Å². The first-order valence-corrected chi connectivity index (χ1v) is 5.43. The number of rotatable bonds is 4. The Bertz CT molecular complexity index is 416. The third kappa shape index (κ3) is 3.09. The number of nitrogen functional groups attached to an aromatic ring is 1. The SMILES string of the molecule is CCC(C)(C)Oc1nccc(C(=O)OC)c1N. The van der Waals surface area contributed by atoms with E-state index in [1.54, 1.807) is 0 Å². The van der Waals surface area contributed by atoms with Gasteiger partial charge in [-0.1, -0.05) is 6.92 Å². The lowest BCUT2D eigenvalue weighted by Gasteiger charge is -2.25. The summed E-state index contributed by atoms with van der Waals surface area (Å²) in [5.74, 6) is -0.233. The van der Waals surface area contributed by atoms with Gasteiger partial charge in [-0.15, -0.1) is 0 Å². The van der Waals surface area contributed by atoms with Gasteiger partial charge in [-0.25, -0.2) is 9.78 Å². The molecular weight excluding hydrogens is 220 g/mol. The Morgan fingerprint density at radius 2 is 2.18 bits per heavy atom. The van der Waals surface area contributed by atoms with E-state index in [0.717, 1.165) is 6.42 Å². The lowest BCUT2D eigenvalue weighted by Crippen LogP contribution is -2.28. The van der Waals surface area contributed by atoms with E-state index in [2.05, 4.69) is 9.72 Å². The molecule has 17 heavy (non-hydrogen) atoms. The molecule has 0 saturated heterocycles. The molecule has 0 unspecified atom stereocenters. The number of carbonyl (C=O) groups is 1. The number of anilines is 1. The van der Waals surface area contributed by atoms with Gasteiger partial charge in [0.25, 0.3) is 0 Å². The molecule has 1 aromatic heterocycles. The quantitative estimate of drug-likeness (QED) is 0.812. The van der Waals surface area contributed by atoms with Gasteiger partial charge in [0.2, 0.25) is 5.88 Å². The molecule has 0 aliphatic carbocycles. The molecule has 5 heteroatoms. The molecule has 5 nitrogen and oxygen atoms in total. The highest BCUT2D eigenvalue weighted by Crippen LogP contribution is 2.27. The minimum Gasteiger partial charge on any atom is -0.470 e. The molecule has 1 rings (SSSR count). The van der Waals surface area contributed by atoms with E-state index in [0.29, 0.717) is 0 Å². The van der Waals surface area contributed by atoms with Crippen molar-refractivity contribution in [2.75, 3.05) is 12.8 Å². The molecular formula is C12H18N2O3. The molecule has 0 radical (unpaired) electrons. The molecule has 0 aliphatic heterocycles. The summed E-state index contributed by atoms with van der Waals surface area (Å²) in [5, 5.41) is 0. The molecule has 0 fully saturated rings. The smallest absolute Gasteiger partial charge is 0.340 e. The van der Waals surface area contributed by atoms with Gasteiger partial charge in [0.05, 0.1) is 12.7 Å². The third-order valence-electron chi connectivity index (χ3n) is 2.58. The maximum atomic E-state index is 11.4. The van der Waals surface area contributed by atoms with Gasteiger partial charge in [0.15, 0.2) is 0 Å². The van der Waals surface area contributed by atoms with Crippen LogP contribution in [0.1, 0.15) is 37.6 Å². The number of aromatic nitrogens is 1. The van der Waals surface area contributed by atoms with Crippen LogP contribution in [0, 0.1) is 0 Å². The van der Waals surface area contributed by atoms with Crippen LogP contribution in [0.3, 0.4) is 0 Å². The third-order valence-corrected chi connectivity index (χ3v) is 2.58. The number of ether oxygens (including phenoxy) is 2. The zero-order valence-corrected chi connectivity index (χ0v) is 10.6. The monoisotopic (exact) mass is 238 g/mol. The first-order chi connectivity index (χ1) is 7.91. The van der Waals surface area contributed by atoms with Crippen molar-refractivity contribution < 1.29 is 14.3 Å². The van der Waals surface area contributed by atoms with Gasteiger partial charge in [-0.05, 0) is 26.3 Å². The van der Waals surface area contributed by atoms with Gasteiger partial charge in [0, 0.05) is 6.20 Å². The molecule has 0 aliphatic rings. The van der Waals surface area contributed by atoms with Gasteiger partial charge < -0.3 is 15.2 Å². The van der Waals surface area contributed by atoms with Crippen LogP contribution in [0.25, 0.3) is 0 Å². The number of hydrogen-bond donors (Lipinski definition) is 1. The zero-order valence-electron chi connectivity index (χ0n) is 10.6. The minimum atomic E-state index is -0.496. The van der Waals surface area contributed by atoms with Crippen molar-refractivity contribution >= 4 is 11.7 Å². The Morgan fingerprint density at radius 3 is 2.71 bits per heavy atom. The fourth-order valence-corrected chi connectivity index (χ4v) is 1.16. The van der Waals surface area contributed by atoms with E-state index in [4.69, 9.17) is 10.5 Å². The van der Waals surface area contributed by atoms with Gasteiger partial charge >= 0.3 is 5.97 Å². The van der Waals surface area contributed by atoms with Crippen LogP contribution in [0.4, 0.5) is 5.69 Å². The van der Waals surface area contributed by atoms with E-state index in [-0.39, 0.29) is 22.7 Å². The molecule has 0 aromatic carbocycles. The highest BCUT2D eigenvalue weighted by atomic mass is 16.5. The highest BCUT2D eigenvalue weighted by Gasteiger charge is 2.21.